The molecule has 1 aromatic carbocycles. The fourth-order valence-corrected chi connectivity index (χ4v) is 2.71. The highest BCUT2D eigenvalue weighted by Crippen LogP contribution is 2.26. The highest BCUT2D eigenvalue weighted by atomic mass is 32.2. The van der Waals surface area contributed by atoms with Crippen molar-refractivity contribution < 1.29 is 31.7 Å². The number of benzene rings is 1. The zero-order valence-electron chi connectivity index (χ0n) is 13.9. The van der Waals surface area contributed by atoms with Gasteiger partial charge in [0.05, 0.1) is 19.1 Å². The minimum absolute atomic E-state index is 0.0519. The zero-order chi connectivity index (χ0) is 18.4. The number of esters is 1. The number of nitrogens with zero attached hydrogens (tertiary/aromatic N) is 1. The number of rotatable bonds is 6. The van der Waals surface area contributed by atoms with E-state index in [9.17, 15) is 18.0 Å². The van der Waals surface area contributed by atoms with Crippen LogP contribution >= 0.6 is 0 Å². The topological polar surface area (TPSA) is 99.2 Å². The first-order valence-electron chi connectivity index (χ1n) is 7.55. The molecule has 136 valence electrons. The van der Waals surface area contributed by atoms with Gasteiger partial charge in [-0.3, -0.25) is 9.69 Å². The molecular weight excluding hydrogens is 350 g/mol. The predicted octanol–water partition coefficient (Wildman–Crippen LogP) is 1.64. The second-order valence-corrected chi connectivity index (χ2v) is 6.89. The fraction of sp³-hybridized carbons (Fsp3) is 0.375. The Balaban J connectivity index is 2.07. The molecule has 8 nitrogen and oxygen atoms in total. The largest absolute Gasteiger partial charge is 0.465 e. The number of amides is 1. The Morgan fingerprint density at radius 2 is 1.88 bits per heavy atom. The first-order valence-corrected chi connectivity index (χ1v) is 9.37. The summed E-state index contributed by atoms with van der Waals surface area (Å²) in [5.74, 6) is -1.85. The molecule has 1 aliphatic rings. The van der Waals surface area contributed by atoms with E-state index in [2.05, 4.69) is 0 Å². The van der Waals surface area contributed by atoms with Crippen LogP contribution in [0.3, 0.4) is 0 Å². The maximum Gasteiger partial charge on any atom is 0.414 e. The second kappa shape index (κ2) is 8.02. The third kappa shape index (κ3) is 5.49. The van der Waals surface area contributed by atoms with E-state index in [1.54, 1.807) is 19.1 Å². The molecule has 1 unspecified atom stereocenters. The fourth-order valence-electron chi connectivity index (χ4n) is 2.20. The smallest absolute Gasteiger partial charge is 0.414 e. The van der Waals surface area contributed by atoms with Gasteiger partial charge >= 0.3 is 22.2 Å². The molecule has 0 saturated carbocycles. The monoisotopic (exact) mass is 369 g/mol. The van der Waals surface area contributed by atoms with E-state index in [1.165, 1.54) is 0 Å². The van der Waals surface area contributed by atoms with E-state index >= 15 is 0 Å². The zero-order valence-corrected chi connectivity index (χ0v) is 14.7. The standard InChI is InChI=1S/C16H19NO7S/c1-3-22-15(18)13-9-17(10-14(13)24-25(2,20)21)16(19)23-11-12-7-5-4-6-8-12/h4-8,10,13H,3,9,11H2,1-2H3. The number of hydrogen-bond donors (Lipinski definition) is 0. The summed E-state index contributed by atoms with van der Waals surface area (Å²) in [4.78, 5) is 25.2. The second-order valence-electron chi connectivity index (χ2n) is 5.32. The molecule has 25 heavy (non-hydrogen) atoms. The van der Waals surface area contributed by atoms with Gasteiger partial charge in [0, 0.05) is 6.54 Å². The van der Waals surface area contributed by atoms with E-state index in [1.807, 2.05) is 18.2 Å². The van der Waals surface area contributed by atoms with Crippen molar-refractivity contribution in [1.82, 2.24) is 4.90 Å². The Hall–Kier alpha value is -2.55. The molecule has 1 aromatic rings. The number of hydrogen-bond acceptors (Lipinski definition) is 7. The van der Waals surface area contributed by atoms with Gasteiger partial charge in [0.25, 0.3) is 0 Å². The molecule has 9 heteroatoms. The van der Waals surface area contributed by atoms with Gasteiger partial charge in [0.2, 0.25) is 0 Å². The molecule has 2 rings (SSSR count). The molecular formula is C16H19NO7S. The lowest BCUT2D eigenvalue weighted by Gasteiger charge is -2.15. The first kappa shape index (κ1) is 18.8. The maximum atomic E-state index is 12.2. The van der Waals surface area contributed by atoms with Crippen molar-refractivity contribution in [3.8, 4) is 0 Å². The minimum Gasteiger partial charge on any atom is -0.465 e. The van der Waals surface area contributed by atoms with Crippen LogP contribution in [0.15, 0.2) is 42.3 Å². The Labute approximate surface area is 146 Å². The maximum absolute atomic E-state index is 12.2. The molecule has 1 heterocycles. The van der Waals surface area contributed by atoms with Crippen LogP contribution in [0.4, 0.5) is 4.79 Å². The summed E-state index contributed by atoms with van der Waals surface area (Å²) in [7, 11) is -3.85. The summed E-state index contributed by atoms with van der Waals surface area (Å²) in [6, 6.07) is 9.06. The van der Waals surface area contributed by atoms with E-state index in [0.717, 1.165) is 22.9 Å². The van der Waals surface area contributed by atoms with Crippen LogP contribution in [0.5, 0.6) is 0 Å². The van der Waals surface area contributed by atoms with Crippen molar-refractivity contribution in [1.29, 1.82) is 0 Å². The molecule has 0 saturated heterocycles. The molecule has 0 spiro atoms. The summed E-state index contributed by atoms with van der Waals surface area (Å²) < 4.78 is 37.6. The van der Waals surface area contributed by atoms with Gasteiger partial charge in [-0.25, -0.2) is 4.79 Å². The average Bonchev–Trinajstić information content (AvgIpc) is 2.96. The first-order chi connectivity index (χ1) is 11.8. The number of ether oxygens (including phenoxy) is 2. The lowest BCUT2D eigenvalue weighted by atomic mass is 10.1. The Morgan fingerprint density at radius 1 is 1.20 bits per heavy atom. The van der Waals surface area contributed by atoms with Crippen molar-refractivity contribution in [3.05, 3.63) is 47.9 Å². The van der Waals surface area contributed by atoms with Crippen LogP contribution in [0, 0.1) is 5.92 Å². The van der Waals surface area contributed by atoms with Crippen molar-refractivity contribution in [2.45, 2.75) is 13.5 Å². The minimum atomic E-state index is -3.85. The third-order valence-corrected chi connectivity index (χ3v) is 3.76. The molecule has 0 fully saturated rings. The van der Waals surface area contributed by atoms with Crippen LogP contribution in [-0.2, 0) is 35.2 Å². The summed E-state index contributed by atoms with van der Waals surface area (Å²) in [6.45, 7) is 1.69. The van der Waals surface area contributed by atoms with Crippen molar-refractivity contribution in [2.75, 3.05) is 19.4 Å². The van der Waals surface area contributed by atoms with Gasteiger partial charge in [-0.2, -0.15) is 8.42 Å². The summed E-state index contributed by atoms with van der Waals surface area (Å²) >= 11 is 0. The van der Waals surface area contributed by atoms with Crippen molar-refractivity contribution in [3.63, 3.8) is 0 Å². The van der Waals surface area contributed by atoms with E-state index < -0.39 is 28.1 Å². The van der Waals surface area contributed by atoms with Gasteiger partial charge in [-0.05, 0) is 12.5 Å². The lowest BCUT2D eigenvalue weighted by molar-refractivity contribution is -0.147. The number of carbonyl (C=O) groups excluding carboxylic acids is 2. The van der Waals surface area contributed by atoms with E-state index in [4.69, 9.17) is 13.7 Å². The van der Waals surface area contributed by atoms with Gasteiger partial charge < -0.3 is 13.7 Å². The molecule has 0 bridgehead atoms. The quantitative estimate of drug-likeness (QED) is 0.555. The van der Waals surface area contributed by atoms with Crippen molar-refractivity contribution in [2.24, 2.45) is 5.92 Å². The highest BCUT2D eigenvalue weighted by Gasteiger charge is 2.38. The molecule has 1 amide bonds. The van der Waals surface area contributed by atoms with Gasteiger partial charge in [0.15, 0.2) is 5.76 Å². The van der Waals surface area contributed by atoms with E-state index in [-0.39, 0.29) is 25.5 Å². The Bertz CT molecular complexity index is 758. The molecule has 0 aliphatic carbocycles. The molecule has 0 N–H and O–H groups in total. The van der Waals surface area contributed by atoms with Gasteiger partial charge in [-0.1, -0.05) is 30.3 Å². The molecule has 0 radical (unpaired) electrons. The highest BCUT2D eigenvalue weighted by molar-refractivity contribution is 7.86. The normalized spacial score (nSPS) is 17.0. The van der Waals surface area contributed by atoms with Gasteiger partial charge in [0.1, 0.15) is 12.5 Å². The van der Waals surface area contributed by atoms with Crippen LogP contribution in [0.2, 0.25) is 0 Å². The van der Waals surface area contributed by atoms with Crippen LogP contribution in [0.25, 0.3) is 0 Å². The SMILES string of the molecule is CCOC(=O)C1CN(C(=O)OCc2ccccc2)C=C1OS(C)(=O)=O. The Kier molecular flexibility index (Phi) is 6.02. The van der Waals surface area contributed by atoms with E-state index in [0.29, 0.717) is 0 Å². The predicted molar refractivity (Wildman–Crippen MR) is 87.5 cm³/mol. The molecule has 1 aliphatic heterocycles. The summed E-state index contributed by atoms with van der Waals surface area (Å²) in [5.41, 5.74) is 0.800. The third-order valence-electron chi connectivity index (χ3n) is 3.26. The summed E-state index contributed by atoms with van der Waals surface area (Å²) in [5, 5.41) is 0. The van der Waals surface area contributed by atoms with Crippen LogP contribution in [-0.4, -0.2) is 44.8 Å². The van der Waals surface area contributed by atoms with Crippen molar-refractivity contribution >= 4 is 22.2 Å². The number of carbonyl (C=O) groups is 2. The molecule has 1 atom stereocenters. The molecule has 0 aromatic heterocycles. The van der Waals surface area contributed by atoms with Crippen LogP contribution in [0.1, 0.15) is 12.5 Å². The average molecular weight is 369 g/mol. The van der Waals surface area contributed by atoms with Crippen LogP contribution < -0.4 is 0 Å². The summed E-state index contributed by atoms with van der Waals surface area (Å²) in [6.07, 6.45) is 1.29. The van der Waals surface area contributed by atoms with Gasteiger partial charge in [-0.15, -0.1) is 0 Å². The lowest BCUT2D eigenvalue weighted by Crippen LogP contribution is -2.30. The Morgan fingerprint density at radius 3 is 2.48 bits per heavy atom.